The summed E-state index contributed by atoms with van der Waals surface area (Å²) in [6.45, 7) is 4.54. The number of hydrogen-bond donors (Lipinski definition) is 1. The average Bonchev–Trinajstić information content (AvgIpc) is 2.35. The minimum atomic E-state index is 0.0387. The summed E-state index contributed by atoms with van der Waals surface area (Å²) >= 11 is 5.69. The molecule has 1 aliphatic rings. The second kappa shape index (κ2) is 6.57. The van der Waals surface area contributed by atoms with Crippen LogP contribution in [0.3, 0.4) is 0 Å². The summed E-state index contributed by atoms with van der Waals surface area (Å²) in [5, 5.41) is 3.20. The van der Waals surface area contributed by atoms with Crippen LogP contribution in [0.5, 0.6) is 0 Å². The lowest BCUT2D eigenvalue weighted by Crippen LogP contribution is -2.42. The summed E-state index contributed by atoms with van der Waals surface area (Å²) in [5.74, 6) is 1.39. The van der Waals surface area contributed by atoms with Gasteiger partial charge in [0.15, 0.2) is 0 Å². The van der Waals surface area contributed by atoms with E-state index in [2.05, 4.69) is 57.7 Å². The Bertz CT molecular complexity index is 477. The van der Waals surface area contributed by atoms with E-state index >= 15 is 0 Å². The van der Waals surface area contributed by atoms with Crippen LogP contribution in [0.1, 0.15) is 43.5 Å². The zero-order valence-electron chi connectivity index (χ0n) is 11.2. The summed E-state index contributed by atoms with van der Waals surface area (Å²) < 4.78 is 1.94. The van der Waals surface area contributed by atoms with Crippen molar-refractivity contribution in [1.29, 1.82) is 0 Å². The Morgan fingerprint density at radius 2 is 2.11 bits per heavy atom. The molecule has 1 aliphatic carbocycles. The van der Waals surface area contributed by atoms with Crippen molar-refractivity contribution in [1.82, 2.24) is 5.32 Å². The fourth-order valence-electron chi connectivity index (χ4n) is 2.80. The Hall–Kier alpha value is -0.100. The van der Waals surface area contributed by atoms with Crippen LogP contribution in [0, 0.1) is 15.4 Å². The third-order valence-corrected chi connectivity index (χ3v) is 5.28. The second-order valence-electron chi connectivity index (χ2n) is 5.60. The Balaban J connectivity index is 2.06. The van der Waals surface area contributed by atoms with Crippen LogP contribution in [-0.2, 0) is 0 Å². The minimum Gasteiger partial charge on any atom is -0.349 e. The molecule has 0 aliphatic heterocycles. The zero-order valence-corrected chi connectivity index (χ0v) is 15.0. The van der Waals surface area contributed by atoms with E-state index in [0.29, 0.717) is 12.0 Å². The van der Waals surface area contributed by atoms with E-state index in [1.54, 1.807) is 0 Å². The number of nitrogens with one attached hydrogen (secondary N) is 1. The van der Waals surface area contributed by atoms with Gasteiger partial charge in [0.2, 0.25) is 0 Å². The highest BCUT2D eigenvalue weighted by atomic mass is 127. The number of hydrogen-bond acceptors (Lipinski definition) is 1. The van der Waals surface area contributed by atoms with E-state index in [9.17, 15) is 4.79 Å². The first kappa shape index (κ1) is 15.3. The SMILES string of the molecule is CC1CCC(NC(=O)c2cc(I)ccc2Br)C(C)C1. The van der Waals surface area contributed by atoms with E-state index < -0.39 is 0 Å². The number of rotatable bonds is 2. The lowest BCUT2D eigenvalue weighted by molar-refractivity contribution is 0.0898. The number of carbonyl (C=O) groups excluding carboxylic acids is 1. The van der Waals surface area contributed by atoms with Crippen LogP contribution < -0.4 is 5.32 Å². The highest BCUT2D eigenvalue weighted by Crippen LogP contribution is 2.29. The maximum atomic E-state index is 12.4. The topological polar surface area (TPSA) is 29.1 Å². The predicted molar refractivity (Wildman–Crippen MR) is 90.3 cm³/mol. The largest absolute Gasteiger partial charge is 0.349 e. The molecule has 1 amide bonds. The Labute approximate surface area is 137 Å². The third kappa shape index (κ3) is 3.94. The summed E-state index contributed by atoms with van der Waals surface area (Å²) in [6, 6.07) is 6.17. The lowest BCUT2D eigenvalue weighted by atomic mass is 9.80. The molecule has 104 valence electrons. The molecule has 0 saturated heterocycles. The van der Waals surface area contributed by atoms with Gasteiger partial charge >= 0.3 is 0 Å². The molecule has 0 aromatic heterocycles. The molecule has 2 rings (SSSR count). The van der Waals surface area contributed by atoms with Gasteiger partial charge in [0.05, 0.1) is 5.56 Å². The standard InChI is InChI=1S/C15H19BrINO/c1-9-3-6-14(10(2)7-9)18-15(19)12-8-11(17)4-5-13(12)16/h4-5,8-10,14H,3,6-7H2,1-2H3,(H,18,19). The lowest BCUT2D eigenvalue weighted by Gasteiger charge is -2.33. The average molecular weight is 436 g/mol. The first-order valence-corrected chi connectivity index (χ1v) is 8.60. The van der Waals surface area contributed by atoms with Crippen molar-refractivity contribution in [3.63, 3.8) is 0 Å². The molecule has 0 spiro atoms. The monoisotopic (exact) mass is 435 g/mol. The van der Waals surface area contributed by atoms with Crippen LogP contribution in [0.4, 0.5) is 0 Å². The maximum Gasteiger partial charge on any atom is 0.252 e. The zero-order chi connectivity index (χ0) is 14.0. The summed E-state index contributed by atoms with van der Waals surface area (Å²) in [6.07, 6.45) is 3.51. The van der Waals surface area contributed by atoms with E-state index in [-0.39, 0.29) is 5.91 Å². The molecular formula is C15H19BrINO. The number of halogens is 2. The van der Waals surface area contributed by atoms with Gasteiger partial charge in [-0.15, -0.1) is 0 Å². The molecule has 3 unspecified atom stereocenters. The molecule has 0 heterocycles. The van der Waals surface area contributed by atoms with E-state index in [4.69, 9.17) is 0 Å². The molecule has 1 saturated carbocycles. The van der Waals surface area contributed by atoms with Crippen molar-refractivity contribution in [3.8, 4) is 0 Å². The quantitative estimate of drug-likeness (QED) is 0.675. The van der Waals surface area contributed by atoms with E-state index in [0.717, 1.165) is 25.9 Å². The molecule has 1 N–H and O–H groups in total. The third-order valence-electron chi connectivity index (χ3n) is 3.92. The Kier molecular flexibility index (Phi) is 5.29. The molecule has 1 aromatic rings. The molecular weight excluding hydrogens is 417 g/mol. The van der Waals surface area contributed by atoms with Gasteiger partial charge in [-0.25, -0.2) is 0 Å². The van der Waals surface area contributed by atoms with Crippen molar-refractivity contribution in [3.05, 3.63) is 31.8 Å². The summed E-state index contributed by atoms with van der Waals surface area (Å²) in [4.78, 5) is 12.4. The normalized spacial score (nSPS) is 27.1. The number of amides is 1. The van der Waals surface area contributed by atoms with Crippen LogP contribution in [-0.4, -0.2) is 11.9 Å². The van der Waals surface area contributed by atoms with E-state index in [1.807, 2.05) is 18.2 Å². The molecule has 0 bridgehead atoms. The summed E-state index contributed by atoms with van der Waals surface area (Å²) in [7, 11) is 0. The van der Waals surface area contributed by atoms with Gasteiger partial charge in [-0.1, -0.05) is 13.8 Å². The van der Waals surface area contributed by atoms with Crippen LogP contribution in [0.2, 0.25) is 0 Å². The van der Waals surface area contributed by atoms with Crippen LogP contribution in [0.25, 0.3) is 0 Å². The molecule has 4 heteroatoms. The fourth-order valence-corrected chi connectivity index (χ4v) is 3.72. The van der Waals surface area contributed by atoms with Gasteiger partial charge in [0.1, 0.15) is 0 Å². The molecule has 1 aromatic carbocycles. The molecule has 0 radical (unpaired) electrons. The number of benzene rings is 1. The minimum absolute atomic E-state index is 0.0387. The molecule has 1 fully saturated rings. The smallest absolute Gasteiger partial charge is 0.252 e. The van der Waals surface area contributed by atoms with E-state index in [1.165, 1.54) is 12.8 Å². The molecule has 3 atom stereocenters. The van der Waals surface area contributed by atoms with Crippen LogP contribution in [0.15, 0.2) is 22.7 Å². The van der Waals surface area contributed by atoms with Crippen molar-refractivity contribution in [2.45, 2.75) is 39.2 Å². The van der Waals surface area contributed by atoms with Gasteiger partial charge in [-0.05, 0) is 87.8 Å². The fraction of sp³-hybridized carbons (Fsp3) is 0.533. The van der Waals surface area contributed by atoms with Crippen molar-refractivity contribution in [2.75, 3.05) is 0 Å². The Morgan fingerprint density at radius 1 is 1.37 bits per heavy atom. The predicted octanol–water partition coefficient (Wildman–Crippen LogP) is 4.61. The van der Waals surface area contributed by atoms with Crippen molar-refractivity contribution < 1.29 is 4.79 Å². The first-order valence-electron chi connectivity index (χ1n) is 6.73. The summed E-state index contributed by atoms with van der Waals surface area (Å²) in [5.41, 5.74) is 0.734. The highest BCUT2D eigenvalue weighted by molar-refractivity contribution is 14.1. The Morgan fingerprint density at radius 3 is 2.79 bits per heavy atom. The highest BCUT2D eigenvalue weighted by Gasteiger charge is 2.27. The first-order chi connectivity index (χ1) is 8.97. The second-order valence-corrected chi connectivity index (χ2v) is 7.70. The molecule has 19 heavy (non-hydrogen) atoms. The van der Waals surface area contributed by atoms with Crippen molar-refractivity contribution >= 4 is 44.4 Å². The van der Waals surface area contributed by atoms with Gasteiger partial charge < -0.3 is 5.32 Å². The van der Waals surface area contributed by atoms with Gasteiger partial charge in [0.25, 0.3) is 5.91 Å². The van der Waals surface area contributed by atoms with Gasteiger partial charge in [0, 0.05) is 14.1 Å². The maximum absolute atomic E-state index is 12.4. The van der Waals surface area contributed by atoms with Crippen LogP contribution >= 0.6 is 38.5 Å². The van der Waals surface area contributed by atoms with Crippen molar-refractivity contribution in [2.24, 2.45) is 11.8 Å². The molecule has 2 nitrogen and oxygen atoms in total. The van der Waals surface area contributed by atoms with Gasteiger partial charge in [-0.3, -0.25) is 4.79 Å². The van der Waals surface area contributed by atoms with Gasteiger partial charge in [-0.2, -0.15) is 0 Å². The number of carbonyl (C=O) groups is 1.